The summed E-state index contributed by atoms with van der Waals surface area (Å²) in [6, 6.07) is 14.0. The van der Waals surface area contributed by atoms with Gasteiger partial charge in [0.05, 0.1) is 12.3 Å². The lowest BCUT2D eigenvalue weighted by Crippen LogP contribution is -2.29. The summed E-state index contributed by atoms with van der Waals surface area (Å²) in [5.41, 5.74) is 7.13. The van der Waals surface area contributed by atoms with Gasteiger partial charge in [-0.25, -0.2) is 4.79 Å². The molecule has 132 valence electrons. The highest BCUT2D eigenvalue weighted by atomic mass is 16.5. The molecule has 0 aliphatic carbocycles. The second-order valence-electron chi connectivity index (χ2n) is 5.57. The molecule has 0 radical (unpaired) electrons. The van der Waals surface area contributed by atoms with Gasteiger partial charge in [0, 0.05) is 6.42 Å². The summed E-state index contributed by atoms with van der Waals surface area (Å²) >= 11 is 0. The molecule has 0 aromatic heterocycles. The minimum Gasteiger partial charge on any atom is -0.492 e. The quantitative estimate of drug-likeness (QED) is 0.650. The zero-order valence-electron chi connectivity index (χ0n) is 14.1. The highest BCUT2D eigenvalue weighted by Gasteiger charge is 2.20. The highest BCUT2D eigenvalue weighted by Crippen LogP contribution is 2.27. The fourth-order valence-electron chi connectivity index (χ4n) is 2.48. The molecule has 0 saturated carbocycles. The smallest absolute Gasteiger partial charge is 0.326 e. The van der Waals surface area contributed by atoms with Crippen LogP contribution in [0.3, 0.4) is 0 Å². The molecule has 0 heterocycles. The third kappa shape index (κ3) is 4.97. The molecule has 1 unspecified atom stereocenters. The van der Waals surface area contributed by atoms with Gasteiger partial charge in [-0.1, -0.05) is 43.3 Å². The van der Waals surface area contributed by atoms with Gasteiger partial charge in [0.2, 0.25) is 0 Å². The topological polar surface area (TPSA) is 102 Å². The fraction of sp³-hybridized carbons (Fsp3) is 0.263. The first-order valence-corrected chi connectivity index (χ1v) is 8.11. The number of aliphatic carboxylic acids is 1. The first kappa shape index (κ1) is 18.3. The van der Waals surface area contributed by atoms with Crippen molar-refractivity contribution in [3.8, 4) is 5.75 Å². The Bertz CT molecular complexity index is 731. The lowest BCUT2D eigenvalue weighted by atomic mass is 10.1. The van der Waals surface area contributed by atoms with Crippen LogP contribution in [0.25, 0.3) is 0 Å². The van der Waals surface area contributed by atoms with Gasteiger partial charge >= 0.3 is 5.97 Å². The van der Waals surface area contributed by atoms with E-state index >= 15 is 0 Å². The average Bonchev–Trinajstić information content (AvgIpc) is 2.60. The Balaban J connectivity index is 2.16. The van der Waals surface area contributed by atoms with Crippen LogP contribution in [0.2, 0.25) is 0 Å². The Kier molecular flexibility index (Phi) is 6.39. The number of amides is 1. The van der Waals surface area contributed by atoms with E-state index in [1.807, 2.05) is 30.3 Å². The minimum absolute atomic E-state index is 0.162. The number of hydrogen-bond donors (Lipinski definition) is 3. The SMILES string of the molecule is CCC(Nc1cccc(OCCc2ccccc2)c1C(N)=O)C(=O)O. The summed E-state index contributed by atoms with van der Waals surface area (Å²) in [4.78, 5) is 23.1. The van der Waals surface area contributed by atoms with Crippen molar-refractivity contribution in [2.75, 3.05) is 11.9 Å². The van der Waals surface area contributed by atoms with E-state index in [0.29, 0.717) is 30.9 Å². The number of hydrogen-bond acceptors (Lipinski definition) is 4. The van der Waals surface area contributed by atoms with Crippen LogP contribution in [0.1, 0.15) is 29.3 Å². The van der Waals surface area contributed by atoms with Crippen LogP contribution in [0.15, 0.2) is 48.5 Å². The molecular formula is C19H22N2O4. The molecule has 1 amide bonds. The lowest BCUT2D eigenvalue weighted by molar-refractivity contribution is -0.137. The van der Waals surface area contributed by atoms with Gasteiger partial charge in [0.1, 0.15) is 17.4 Å². The van der Waals surface area contributed by atoms with Gasteiger partial charge in [-0.3, -0.25) is 4.79 Å². The Morgan fingerprint density at radius 3 is 2.48 bits per heavy atom. The summed E-state index contributed by atoms with van der Waals surface area (Å²) in [7, 11) is 0. The number of carboxylic acids is 1. The predicted octanol–water partition coefficient (Wildman–Crippen LogP) is 2.68. The molecule has 0 spiro atoms. The van der Waals surface area contributed by atoms with Crippen molar-refractivity contribution in [1.82, 2.24) is 0 Å². The van der Waals surface area contributed by atoms with Crippen LogP contribution in [0, 0.1) is 0 Å². The number of primary amides is 1. The molecule has 0 fully saturated rings. The molecule has 0 aliphatic rings. The maximum Gasteiger partial charge on any atom is 0.326 e. The van der Waals surface area contributed by atoms with Crippen LogP contribution in [0.5, 0.6) is 5.75 Å². The van der Waals surface area contributed by atoms with Gasteiger partial charge in [0.25, 0.3) is 5.91 Å². The Morgan fingerprint density at radius 2 is 1.88 bits per heavy atom. The normalized spacial score (nSPS) is 11.6. The molecule has 0 aliphatic heterocycles. The van der Waals surface area contributed by atoms with Crippen LogP contribution in [-0.4, -0.2) is 29.6 Å². The molecule has 2 rings (SSSR count). The number of carbonyl (C=O) groups is 2. The van der Waals surface area contributed by atoms with Crippen molar-refractivity contribution >= 4 is 17.6 Å². The largest absolute Gasteiger partial charge is 0.492 e. The molecule has 2 aromatic rings. The van der Waals surface area contributed by atoms with Crippen molar-refractivity contribution in [1.29, 1.82) is 0 Å². The van der Waals surface area contributed by atoms with Gasteiger partial charge < -0.3 is 20.9 Å². The Labute approximate surface area is 146 Å². The molecule has 6 heteroatoms. The Morgan fingerprint density at radius 1 is 1.16 bits per heavy atom. The number of rotatable bonds is 9. The number of nitrogens with two attached hydrogens (primary N) is 1. The molecule has 4 N–H and O–H groups in total. The summed E-state index contributed by atoms with van der Waals surface area (Å²) in [5.74, 6) is -1.32. The number of nitrogens with one attached hydrogen (secondary N) is 1. The first-order valence-electron chi connectivity index (χ1n) is 8.11. The van der Waals surface area contributed by atoms with Crippen LogP contribution < -0.4 is 15.8 Å². The van der Waals surface area contributed by atoms with Crippen molar-refractivity contribution in [2.24, 2.45) is 5.73 Å². The number of carboxylic acid groups (broad SMARTS) is 1. The zero-order chi connectivity index (χ0) is 18.2. The lowest BCUT2D eigenvalue weighted by Gasteiger charge is -2.18. The molecule has 6 nitrogen and oxygen atoms in total. The van der Waals surface area contributed by atoms with Crippen LogP contribution >= 0.6 is 0 Å². The summed E-state index contributed by atoms with van der Waals surface area (Å²) in [6.45, 7) is 2.12. The maximum absolute atomic E-state index is 11.9. The van der Waals surface area contributed by atoms with E-state index < -0.39 is 17.9 Å². The van der Waals surface area contributed by atoms with Crippen molar-refractivity contribution in [2.45, 2.75) is 25.8 Å². The summed E-state index contributed by atoms with van der Waals surface area (Å²) in [6.07, 6.45) is 1.05. The number of ether oxygens (including phenoxy) is 1. The van der Waals surface area contributed by atoms with E-state index in [4.69, 9.17) is 10.5 Å². The maximum atomic E-state index is 11.9. The standard InChI is InChI=1S/C19H22N2O4/c1-2-14(19(23)24)21-15-9-6-10-16(17(15)18(20)22)25-12-11-13-7-4-3-5-8-13/h3-10,14,21H,2,11-12H2,1H3,(H2,20,22)(H,23,24). The van der Waals surface area contributed by atoms with Gasteiger partial charge in [-0.05, 0) is 24.1 Å². The first-order chi connectivity index (χ1) is 12.0. The van der Waals surface area contributed by atoms with Crippen LogP contribution in [-0.2, 0) is 11.2 Å². The molecule has 0 saturated heterocycles. The highest BCUT2D eigenvalue weighted by molar-refractivity contribution is 6.01. The third-order valence-corrected chi connectivity index (χ3v) is 3.80. The number of anilines is 1. The van der Waals surface area contributed by atoms with E-state index in [1.54, 1.807) is 25.1 Å². The molecule has 1 atom stereocenters. The number of benzene rings is 2. The summed E-state index contributed by atoms with van der Waals surface area (Å²) in [5, 5.41) is 12.0. The van der Waals surface area contributed by atoms with E-state index in [1.165, 1.54) is 0 Å². The monoisotopic (exact) mass is 342 g/mol. The summed E-state index contributed by atoms with van der Waals surface area (Å²) < 4.78 is 5.73. The molecule has 0 bridgehead atoms. The molecule has 25 heavy (non-hydrogen) atoms. The van der Waals surface area contributed by atoms with Crippen molar-refractivity contribution in [3.05, 3.63) is 59.7 Å². The molecule has 2 aromatic carbocycles. The van der Waals surface area contributed by atoms with Crippen molar-refractivity contribution in [3.63, 3.8) is 0 Å². The van der Waals surface area contributed by atoms with Gasteiger partial charge in [0.15, 0.2) is 0 Å². The van der Waals surface area contributed by atoms with Crippen molar-refractivity contribution < 1.29 is 19.4 Å². The van der Waals surface area contributed by atoms with Crippen LogP contribution in [0.4, 0.5) is 5.69 Å². The van der Waals surface area contributed by atoms with E-state index in [2.05, 4.69) is 5.32 Å². The third-order valence-electron chi connectivity index (χ3n) is 3.80. The predicted molar refractivity (Wildman–Crippen MR) is 95.9 cm³/mol. The van der Waals surface area contributed by atoms with Gasteiger partial charge in [-0.2, -0.15) is 0 Å². The van der Waals surface area contributed by atoms with Gasteiger partial charge in [-0.15, -0.1) is 0 Å². The second-order valence-corrected chi connectivity index (χ2v) is 5.57. The average molecular weight is 342 g/mol. The molecular weight excluding hydrogens is 320 g/mol. The number of carbonyl (C=O) groups excluding carboxylic acids is 1. The fourth-order valence-corrected chi connectivity index (χ4v) is 2.48. The van der Waals surface area contributed by atoms with E-state index in [9.17, 15) is 14.7 Å². The minimum atomic E-state index is -0.992. The Hall–Kier alpha value is -3.02. The van der Waals surface area contributed by atoms with E-state index in [-0.39, 0.29) is 5.56 Å². The second kappa shape index (κ2) is 8.73. The van der Waals surface area contributed by atoms with E-state index in [0.717, 1.165) is 5.56 Å². The zero-order valence-corrected chi connectivity index (χ0v) is 14.1.